The molecule has 7 nitrogen and oxygen atoms in total. The van der Waals surface area contributed by atoms with Crippen LogP contribution >= 0.6 is 0 Å². The standard InChI is InChI=1S/C28H23BF2N7/c30-21-9-6-19(16-22(21)31)23-17-36(34-33-23)27-13-11-25-28(18-4-7-20(32)8-5-18)24-10-12-26(37(24)29-38(25)27)35-14-2-1-3-15-35/h4-13,16-17,32H,1-3,14-15H2/p+1. The second-order valence-corrected chi connectivity index (χ2v) is 9.73. The van der Waals surface area contributed by atoms with Crippen molar-refractivity contribution >= 4 is 24.6 Å². The van der Waals surface area contributed by atoms with Gasteiger partial charge in [0.1, 0.15) is 17.2 Å². The molecule has 2 N–H and O–H groups in total. The summed E-state index contributed by atoms with van der Waals surface area (Å²) in [5, 5.41) is 8.56. The first-order chi connectivity index (χ1) is 18.6. The third kappa shape index (κ3) is 3.67. The molecule has 10 heteroatoms. The van der Waals surface area contributed by atoms with Gasteiger partial charge in [-0.3, -0.25) is 9.39 Å². The van der Waals surface area contributed by atoms with Gasteiger partial charge in [-0.2, -0.15) is 0 Å². The maximum Gasteiger partial charge on any atom is 0.553 e. The maximum atomic E-state index is 13.8. The van der Waals surface area contributed by atoms with Crippen LogP contribution in [0.25, 0.3) is 22.6 Å². The van der Waals surface area contributed by atoms with Crippen molar-refractivity contribution < 1.29 is 13.4 Å². The molecule has 4 aromatic rings. The summed E-state index contributed by atoms with van der Waals surface area (Å²) in [6, 6.07) is 15.7. The smallest absolute Gasteiger partial charge is 0.399 e. The van der Waals surface area contributed by atoms with Gasteiger partial charge >= 0.3 is 7.55 Å². The van der Waals surface area contributed by atoms with Crippen molar-refractivity contribution in [2.24, 2.45) is 0 Å². The number of halogens is 2. The summed E-state index contributed by atoms with van der Waals surface area (Å²) >= 11 is 0. The van der Waals surface area contributed by atoms with Crippen LogP contribution in [0, 0.1) is 11.6 Å². The number of nitrogens with two attached hydrogens (primary N) is 1. The topological polar surface area (TPSA) is 67.9 Å². The molecule has 0 aliphatic carbocycles. The highest BCUT2D eigenvalue weighted by molar-refractivity contribution is 6.40. The molecule has 1 saturated heterocycles. The van der Waals surface area contributed by atoms with E-state index in [9.17, 15) is 8.78 Å². The van der Waals surface area contributed by atoms with E-state index < -0.39 is 11.6 Å². The summed E-state index contributed by atoms with van der Waals surface area (Å²) in [4.78, 5) is 2.24. The minimum atomic E-state index is -0.918. The molecule has 1 fully saturated rings. The van der Waals surface area contributed by atoms with E-state index >= 15 is 0 Å². The fraction of sp³-hybridized carbons (Fsp3) is 0.179. The molecule has 0 amide bonds. The maximum absolute atomic E-state index is 13.8. The van der Waals surface area contributed by atoms with Gasteiger partial charge in [0.05, 0.1) is 19.3 Å². The van der Waals surface area contributed by atoms with Crippen molar-refractivity contribution in [3.05, 3.63) is 102 Å². The molecule has 1 radical (unpaired) electrons. The molecule has 7 rings (SSSR count). The number of nitrogens with zero attached hydrogens (tertiary/aromatic N) is 6. The van der Waals surface area contributed by atoms with E-state index in [4.69, 9.17) is 5.73 Å². The number of amidine groups is 1. The minimum Gasteiger partial charge on any atom is -0.399 e. The molecule has 2 aromatic heterocycles. The van der Waals surface area contributed by atoms with Crippen LogP contribution in [0.4, 0.5) is 14.5 Å². The molecular weight excluding hydrogens is 483 g/mol. The Morgan fingerprint density at radius 3 is 2.45 bits per heavy atom. The number of piperidine rings is 1. The van der Waals surface area contributed by atoms with E-state index in [-0.39, 0.29) is 0 Å². The molecule has 187 valence electrons. The van der Waals surface area contributed by atoms with E-state index in [0.717, 1.165) is 59.4 Å². The Morgan fingerprint density at radius 2 is 1.66 bits per heavy atom. The van der Waals surface area contributed by atoms with Crippen molar-refractivity contribution in [2.45, 2.75) is 19.3 Å². The van der Waals surface area contributed by atoms with Gasteiger partial charge in [0.25, 0.3) is 5.84 Å². The first kappa shape index (κ1) is 22.7. The highest BCUT2D eigenvalue weighted by Gasteiger charge is 2.40. The van der Waals surface area contributed by atoms with Gasteiger partial charge in [0.2, 0.25) is 0 Å². The number of rotatable bonds is 3. The predicted octanol–water partition coefficient (Wildman–Crippen LogP) is 4.22. The Balaban J connectivity index is 1.35. The lowest BCUT2D eigenvalue weighted by Gasteiger charge is -2.27. The average Bonchev–Trinajstić information content (AvgIpc) is 3.68. The fourth-order valence-electron chi connectivity index (χ4n) is 5.45. The van der Waals surface area contributed by atoms with Crippen LogP contribution in [0.5, 0.6) is 0 Å². The van der Waals surface area contributed by atoms with Gasteiger partial charge in [-0.25, -0.2) is 13.5 Å². The van der Waals surface area contributed by atoms with Gasteiger partial charge in [-0.1, -0.05) is 17.3 Å². The summed E-state index contributed by atoms with van der Waals surface area (Å²) in [5.41, 5.74) is 11.9. The molecule has 2 aromatic carbocycles. The van der Waals surface area contributed by atoms with E-state index in [0.29, 0.717) is 16.9 Å². The van der Waals surface area contributed by atoms with Crippen molar-refractivity contribution in [3.63, 3.8) is 0 Å². The van der Waals surface area contributed by atoms with E-state index in [2.05, 4.69) is 49.9 Å². The molecule has 3 aliphatic rings. The summed E-state index contributed by atoms with van der Waals surface area (Å²) in [6.45, 7) is 2.06. The third-order valence-electron chi connectivity index (χ3n) is 7.36. The van der Waals surface area contributed by atoms with E-state index in [1.807, 2.05) is 30.3 Å². The van der Waals surface area contributed by atoms with Gasteiger partial charge in [0, 0.05) is 28.6 Å². The number of allylic oxidation sites excluding steroid dienone is 1. The zero-order valence-corrected chi connectivity index (χ0v) is 20.6. The Bertz CT molecular complexity index is 1650. The van der Waals surface area contributed by atoms with Crippen LogP contribution in [-0.2, 0) is 0 Å². The van der Waals surface area contributed by atoms with Crippen LogP contribution in [-0.4, -0.2) is 55.3 Å². The number of benzene rings is 2. The second-order valence-electron chi connectivity index (χ2n) is 9.73. The molecule has 3 aliphatic heterocycles. The molecule has 5 heterocycles. The summed E-state index contributed by atoms with van der Waals surface area (Å²) in [6.07, 6.45) is 9.72. The lowest BCUT2D eigenvalue weighted by atomic mass is 9.91. The normalized spacial score (nSPS) is 16.6. The Morgan fingerprint density at radius 1 is 0.868 bits per heavy atom. The first-order valence-electron chi connectivity index (χ1n) is 12.7. The van der Waals surface area contributed by atoms with E-state index in [1.165, 1.54) is 25.3 Å². The number of aromatic nitrogens is 4. The van der Waals surface area contributed by atoms with Gasteiger partial charge in [0.15, 0.2) is 11.6 Å². The predicted molar refractivity (Wildman–Crippen MR) is 143 cm³/mol. The number of fused-ring (bicyclic) bond motifs is 2. The lowest BCUT2D eigenvalue weighted by molar-refractivity contribution is -0.539. The monoisotopic (exact) mass is 507 g/mol. The first-order valence-corrected chi connectivity index (χ1v) is 12.7. The summed E-state index contributed by atoms with van der Waals surface area (Å²) in [5.74, 6) is 0.116. The van der Waals surface area contributed by atoms with E-state index in [1.54, 1.807) is 10.9 Å². The number of anilines is 1. The summed E-state index contributed by atoms with van der Waals surface area (Å²) in [7, 11) is 2.09. The summed E-state index contributed by atoms with van der Waals surface area (Å²) < 4.78 is 33.5. The number of hydrogen-bond donors (Lipinski definition) is 1. The third-order valence-corrected chi connectivity index (χ3v) is 7.36. The Labute approximate surface area is 219 Å². The van der Waals surface area contributed by atoms with Crippen molar-refractivity contribution in [1.82, 2.24) is 24.3 Å². The van der Waals surface area contributed by atoms with Gasteiger partial charge < -0.3 is 10.2 Å². The van der Waals surface area contributed by atoms with Crippen molar-refractivity contribution in [2.75, 3.05) is 18.8 Å². The number of hydrogen-bond acceptors (Lipinski definition) is 3. The van der Waals surface area contributed by atoms with Crippen molar-refractivity contribution in [3.8, 4) is 17.1 Å². The molecule has 0 saturated carbocycles. The zero-order chi connectivity index (χ0) is 25.8. The number of nitrogen functional groups attached to an aromatic ring is 1. The minimum absolute atomic E-state index is 0.452. The Kier molecular flexibility index (Phi) is 5.28. The molecule has 0 atom stereocenters. The largest absolute Gasteiger partial charge is 0.553 e. The van der Waals surface area contributed by atoms with Gasteiger partial charge in [-0.15, -0.1) is 5.10 Å². The van der Waals surface area contributed by atoms with Crippen molar-refractivity contribution in [1.29, 1.82) is 0 Å². The fourth-order valence-corrected chi connectivity index (χ4v) is 5.45. The molecule has 0 bridgehead atoms. The quantitative estimate of drug-likeness (QED) is 0.256. The second kappa shape index (κ2) is 8.83. The molecule has 38 heavy (non-hydrogen) atoms. The van der Waals surface area contributed by atoms with Crippen LogP contribution in [0.2, 0.25) is 0 Å². The SMILES string of the molecule is Nc1ccc(C2=C3C=CC(=[N+]4CCCCC4)N3[B]n3c2ccc3-n2cc(-c3ccc(F)c(F)c3)nn2)cc1. The Hall–Kier alpha value is -4.47. The molecular formula is C28H24BF2N7+. The molecule has 0 spiro atoms. The van der Waals surface area contributed by atoms with Crippen LogP contribution < -0.4 is 5.73 Å². The lowest BCUT2D eigenvalue weighted by Crippen LogP contribution is -2.43. The zero-order valence-electron chi connectivity index (χ0n) is 20.6. The van der Waals surface area contributed by atoms with Crippen LogP contribution in [0.15, 0.2) is 78.6 Å². The van der Waals surface area contributed by atoms with Gasteiger partial charge in [-0.05, 0) is 73.4 Å². The highest BCUT2D eigenvalue weighted by atomic mass is 19.2. The van der Waals surface area contributed by atoms with Crippen LogP contribution in [0.1, 0.15) is 30.5 Å². The van der Waals surface area contributed by atoms with Crippen LogP contribution in [0.3, 0.4) is 0 Å². The highest BCUT2D eigenvalue weighted by Crippen LogP contribution is 2.37. The average molecular weight is 507 g/mol. The molecule has 0 unspecified atom stereocenters.